The van der Waals surface area contributed by atoms with Gasteiger partial charge in [0.2, 0.25) is 20.0 Å². The van der Waals surface area contributed by atoms with Crippen LogP contribution in [0.25, 0.3) is 4.96 Å². The van der Waals surface area contributed by atoms with Gasteiger partial charge in [0.15, 0.2) is 6.61 Å². The van der Waals surface area contributed by atoms with Gasteiger partial charge in [-0.1, -0.05) is 35.9 Å². The Hall–Kier alpha value is -3.50. The number of nitrogens with zero attached hydrogens (tertiary/aromatic N) is 5. The topological polar surface area (TPSA) is 119 Å². The van der Waals surface area contributed by atoms with E-state index in [9.17, 15) is 26.4 Å². The minimum Gasteiger partial charge on any atom is -0.482 e. The van der Waals surface area contributed by atoms with Gasteiger partial charge in [-0.3, -0.25) is 9.52 Å². The van der Waals surface area contributed by atoms with Crippen LogP contribution in [0.2, 0.25) is 5.02 Å². The monoisotopic (exact) mass is 632 g/mol. The number of anilines is 1. The summed E-state index contributed by atoms with van der Waals surface area (Å²) >= 11 is 6.29. The second-order valence-corrected chi connectivity index (χ2v) is 12.2. The predicted octanol–water partition coefficient (Wildman–Crippen LogP) is 4.48. The molecular weight excluding hydrogens is 612 g/mol. The summed E-state index contributed by atoms with van der Waals surface area (Å²) in [6.07, 6.45) is -3.18. The number of aromatic nitrogens is 4. The fourth-order valence-electron chi connectivity index (χ4n) is 4.53. The number of hydrogen-bond acceptors (Lipinski definition) is 8. The lowest BCUT2D eigenvalue weighted by Gasteiger charge is -2.35. The molecule has 1 amide bonds. The second-order valence-electron chi connectivity index (χ2n) is 9.11. The van der Waals surface area contributed by atoms with Crippen molar-refractivity contribution >= 4 is 49.6 Å². The Morgan fingerprint density at radius 1 is 1.24 bits per heavy atom. The van der Waals surface area contributed by atoms with E-state index in [0.717, 1.165) is 16.8 Å². The number of aryl methyl sites for hydroxylation is 1. The van der Waals surface area contributed by atoms with E-state index in [4.69, 9.17) is 16.3 Å². The van der Waals surface area contributed by atoms with E-state index in [1.54, 1.807) is 6.92 Å². The van der Waals surface area contributed by atoms with Gasteiger partial charge >= 0.3 is 6.18 Å². The lowest BCUT2D eigenvalue weighted by molar-refractivity contribution is -0.138. The van der Waals surface area contributed by atoms with Crippen LogP contribution in [0, 0.1) is 5.82 Å². The lowest BCUT2D eigenvalue weighted by atomic mass is 9.95. The summed E-state index contributed by atoms with van der Waals surface area (Å²) in [5.74, 6) is -1.04. The van der Waals surface area contributed by atoms with E-state index in [0.29, 0.717) is 29.1 Å². The average Bonchev–Trinajstić information content (AvgIpc) is 3.45. The number of rotatable bonds is 7. The van der Waals surface area contributed by atoms with Gasteiger partial charge in [-0.25, -0.2) is 27.3 Å². The molecule has 1 aromatic carbocycles. The highest BCUT2D eigenvalue weighted by molar-refractivity contribution is 7.92. The number of nitrogens with one attached hydrogen (secondary N) is 1. The highest BCUT2D eigenvalue weighted by Crippen LogP contribution is 2.40. The quantitative estimate of drug-likeness (QED) is 0.298. The summed E-state index contributed by atoms with van der Waals surface area (Å²) in [5.41, 5.74) is 0.916. The summed E-state index contributed by atoms with van der Waals surface area (Å²) in [6, 6.07) is 5.50. The number of halogens is 5. The number of ether oxygens (including phenoxy) is 1. The maximum absolute atomic E-state index is 15.2. The van der Waals surface area contributed by atoms with E-state index in [1.807, 2.05) is 0 Å². The van der Waals surface area contributed by atoms with E-state index in [-0.39, 0.29) is 45.8 Å². The largest absolute Gasteiger partial charge is 0.482 e. The van der Waals surface area contributed by atoms with E-state index in [2.05, 4.69) is 19.8 Å². The van der Waals surface area contributed by atoms with Crippen LogP contribution in [0.5, 0.6) is 5.75 Å². The van der Waals surface area contributed by atoms with Crippen molar-refractivity contribution < 1.29 is 35.5 Å². The van der Waals surface area contributed by atoms with Crippen molar-refractivity contribution in [1.82, 2.24) is 24.5 Å². The van der Waals surface area contributed by atoms with Crippen molar-refractivity contribution in [1.29, 1.82) is 0 Å². The Kier molecular flexibility index (Phi) is 7.59. The molecule has 1 atom stereocenters. The number of carbonyl (C=O) groups is 1. The van der Waals surface area contributed by atoms with E-state index in [1.165, 1.54) is 29.2 Å². The third-order valence-electron chi connectivity index (χ3n) is 6.20. The Morgan fingerprint density at radius 3 is 2.66 bits per heavy atom. The molecule has 218 valence electrons. The highest BCUT2D eigenvalue weighted by Gasteiger charge is 2.41. The van der Waals surface area contributed by atoms with Gasteiger partial charge in [0.1, 0.15) is 23.4 Å². The average molecular weight is 633 g/mol. The van der Waals surface area contributed by atoms with E-state index < -0.39 is 45.6 Å². The van der Waals surface area contributed by atoms with E-state index >= 15 is 4.39 Å². The summed E-state index contributed by atoms with van der Waals surface area (Å²) < 4.78 is 87.5. The molecule has 0 saturated carbocycles. The molecule has 0 bridgehead atoms. The Bertz CT molecular complexity index is 1760. The number of alkyl halides is 3. The molecule has 1 unspecified atom stereocenters. The first-order valence-electron chi connectivity index (χ1n) is 12.1. The maximum atomic E-state index is 15.2. The van der Waals surface area contributed by atoms with Crippen LogP contribution in [0.15, 0.2) is 30.3 Å². The van der Waals surface area contributed by atoms with Crippen LogP contribution in [0.4, 0.5) is 23.4 Å². The SMILES string of the molecule is CCc1nc(NS(C)(=O)=O)ccc1OCC(=O)N1CCc2nc3sc(C(F)(F)F)nn3c2C1c1ccc(Cl)cc1F. The third-order valence-corrected chi connectivity index (χ3v) is 7.97. The molecule has 0 radical (unpaired) electrons. The van der Waals surface area contributed by atoms with Gasteiger partial charge in [0.05, 0.1) is 23.3 Å². The van der Waals surface area contributed by atoms with Gasteiger partial charge in [0, 0.05) is 23.6 Å². The zero-order valence-electron chi connectivity index (χ0n) is 21.4. The molecule has 0 aliphatic carbocycles. The van der Waals surface area contributed by atoms with Crippen molar-refractivity contribution in [3.8, 4) is 5.75 Å². The van der Waals surface area contributed by atoms with Crippen molar-refractivity contribution in [3.05, 3.63) is 68.8 Å². The molecule has 0 spiro atoms. The zero-order valence-corrected chi connectivity index (χ0v) is 23.8. The Balaban J connectivity index is 1.49. The summed E-state index contributed by atoms with van der Waals surface area (Å²) in [5, 5.41) is 2.67. The maximum Gasteiger partial charge on any atom is 0.445 e. The minimum absolute atomic E-state index is 0.000764. The van der Waals surface area contributed by atoms with Crippen molar-refractivity contribution in [2.45, 2.75) is 32.0 Å². The molecule has 1 N–H and O–H groups in total. The molecule has 17 heteroatoms. The second kappa shape index (κ2) is 10.7. The van der Waals surface area contributed by atoms with Crippen molar-refractivity contribution in [2.75, 3.05) is 24.1 Å². The van der Waals surface area contributed by atoms with Crippen LogP contribution >= 0.6 is 22.9 Å². The molecule has 1 aliphatic rings. The normalized spacial score (nSPS) is 15.7. The van der Waals surface area contributed by atoms with Crippen LogP contribution in [-0.4, -0.2) is 58.2 Å². The van der Waals surface area contributed by atoms with Gasteiger partial charge in [-0.05, 0) is 30.7 Å². The molecule has 1 aliphatic heterocycles. The molecule has 41 heavy (non-hydrogen) atoms. The van der Waals surface area contributed by atoms with Gasteiger partial charge in [-0.15, -0.1) is 5.10 Å². The van der Waals surface area contributed by atoms with Gasteiger partial charge < -0.3 is 9.64 Å². The Labute approximate surface area is 240 Å². The number of imidazole rings is 1. The van der Waals surface area contributed by atoms with Crippen LogP contribution in [-0.2, 0) is 33.8 Å². The molecule has 10 nitrogen and oxygen atoms in total. The fraction of sp³-hybridized carbons (Fsp3) is 0.333. The Morgan fingerprint density at radius 2 is 2.00 bits per heavy atom. The number of benzene rings is 1. The van der Waals surface area contributed by atoms with Crippen LogP contribution < -0.4 is 9.46 Å². The molecule has 5 rings (SSSR count). The minimum atomic E-state index is -4.71. The third kappa shape index (κ3) is 5.94. The zero-order chi connectivity index (χ0) is 29.7. The van der Waals surface area contributed by atoms with Crippen molar-refractivity contribution in [3.63, 3.8) is 0 Å². The lowest BCUT2D eigenvalue weighted by Crippen LogP contribution is -2.43. The molecule has 0 fully saturated rings. The number of hydrogen-bond donors (Lipinski definition) is 1. The standard InChI is InChI=1S/C24H21ClF4N6O4S2/c1-3-15-17(6-7-18(30-15)33-41(2,37)38)39-11-19(36)34-9-8-16-21(20(34)13-5-4-12(25)10-14(13)26)35-23(31-16)40-22(32-35)24(27,28)29/h4-7,10,20H,3,8-9,11H2,1-2H3,(H,30,33). The summed E-state index contributed by atoms with van der Waals surface area (Å²) in [6.45, 7) is 1.33. The number of sulfonamides is 1. The van der Waals surface area contributed by atoms with Crippen molar-refractivity contribution in [2.24, 2.45) is 0 Å². The van der Waals surface area contributed by atoms with Gasteiger partial charge in [-0.2, -0.15) is 13.2 Å². The first kappa shape index (κ1) is 29.0. The number of carbonyl (C=O) groups excluding carboxylic acids is 1. The first-order chi connectivity index (χ1) is 19.2. The molecule has 4 aromatic rings. The molecule has 0 saturated heterocycles. The highest BCUT2D eigenvalue weighted by atomic mass is 35.5. The predicted molar refractivity (Wildman–Crippen MR) is 142 cm³/mol. The van der Waals surface area contributed by atoms with Crippen LogP contribution in [0.3, 0.4) is 0 Å². The number of fused-ring (bicyclic) bond motifs is 3. The summed E-state index contributed by atoms with van der Waals surface area (Å²) in [7, 11) is -3.56. The molecule has 4 heterocycles. The first-order valence-corrected chi connectivity index (χ1v) is 15.1. The van der Waals surface area contributed by atoms with Crippen LogP contribution in [0.1, 0.15) is 40.6 Å². The molecular formula is C24H21ClF4N6O4S2. The van der Waals surface area contributed by atoms with Gasteiger partial charge in [0.25, 0.3) is 5.91 Å². The summed E-state index contributed by atoms with van der Waals surface area (Å²) in [4.78, 5) is 23.3. The fourth-order valence-corrected chi connectivity index (χ4v) is 5.98. The smallest absolute Gasteiger partial charge is 0.445 e. The number of amides is 1. The number of pyridine rings is 1. The molecule has 3 aromatic heterocycles.